The van der Waals surface area contributed by atoms with E-state index in [1.807, 2.05) is 6.92 Å². The van der Waals surface area contributed by atoms with Crippen LogP contribution in [0.4, 0.5) is 5.69 Å². The number of non-ortho nitro benzene ring substituents is 1. The number of fused-ring (bicyclic) bond motifs is 1. The minimum Gasteiger partial charge on any atom is -0.507 e. The van der Waals surface area contributed by atoms with Gasteiger partial charge in [0.25, 0.3) is 17.2 Å². The van der Waals surface area contributed by atoms with Crippen molar-refractivity contribution < 1.29 is 14.8 Å². The van der Waals surface area contributed by atoms with E-state index in [1.54, 1.807) is 24.3 Å². The summed E-state index contributed by atoms with van der Waals surface area (Å²) in [5, 5.41) is 29.3. The first kappa shape index (κ1) is 19.7. The van der Waals surface area contributed by atoms with E-state index < -0.39 is 10.8 Å². The van der Waals surface area contributed by atoms with Crippen molar-refractivity contribution in [1.82, 2.24) is 15.2 Å². The average molecular weight is 395 g/mol. The Bertz CT molecular complexity index is 1190. The number of nitrogens with one attached hydrogen (secondary N) is 1. The maximum absolute atomic E-state index is 12.6. The highest BCUT2D eigenvalue weighted by Crippen LogP contribution is 2.21. The molecule has 1 amide bonds. The summed E-state index contributed by atoms with van der Waals surface area (Å²) >= 11 is 0. The summed E-state index contributed by atoms with van der Waals surface area (Å²) in [5.41, 5.74) is 1.85. The largest absolute Gasteiger partial charge is 0.507 e. The fourth-order valence-electron chi connectivity index (χ4n) is 2.74. The standard InChI is InChI=1S/C19H17N5O5/c1-2-9-23-19(27)15-6-4-3-5-14(15)17(22-23)18(26)21-20-11-12-10-13(24(28)29)7-8-16(12)25/h3-8,10-11,25H,2,9H2,1H3,(H,21,26)/b20-11+. The van der Waals surface area contributed by atoms with Crippen molar-refractivity contribution in [2.45, 2.75) is 19.9 Å². The number of nitrogens with zero attached hydrogens (tertiary/aromatic N) is 4. The van der Waals surface area contributed by atoms with Crippen LogP contribution >= 0.6 is 0 Å². The van der Waals surface area contributed by atoms with Gasteiger partial charge in [-0.1, -0.05) is 25.1 Å². The number of aromatic hydroxyl groups is 1. The molecule has 0 spiro atoms. The van der Waals surface area contributed by atoms with Crippen molar-refractivity contribution in [1.29, 1.82) is 0 Å². The van der Waals surface area contributed by atoms with Gasteiger partial charge in [0.05, 0.1) is 16.5 Å². The summed E-state index contributed by atoms with van der Waals surface area (Å²) in [6.07, 6.45) is 1.75. The van der Waals surface area contributed by atoms with Gasteiger partial charge in [-0.15, -0.1) is 0 Å². The summed E-state index contributed by atoms with van der Waals surface area (Å²) < 4.78 is 1.23. The number of hydrazone groups is 1. The van der Waals surface area contributed by atoms with Crippen LogP contribution in [-0.2, 0) is 6.54 Å². The molecule has 0 aliphatic rings. The molecule has 0 radical (unpaired) electrons. The highest BCUT2D eigenvalue weighted by atomic mass is 16.6. The van der Waals surface area contributed by atoms with E-state index in [4.69, 9.17) is 0 Å². The topological polar surface area (TPSA) is 140 Å². The average Bonchev–Trinajstić information content (AvgIpc) is 2.71. The molecule has 10 nitrogen and oxygen atoms in total. The molecule has 10 heteroatoms. The number of aromatic nitrogens is 2. The molecule has 0 bridgehead atoms. The zero-order chi connectivity index (χ0) is 21.0. The van der Waals surface area contributed by atoms with E-state index in [0.717, 1.165) is 24.4 Å². The van der Waals surface area contributed by atoms with Crippen molar-refractivity contribution >= 4 is 28.6 Å². The van der Waals surface area contributed by atoms with Gasteiger partial charge in [-0.3, -0.25) is 19.7 Å². The van der Waals surface area contributed by atoms with Gasteiger partial charge in [-0.2, -0.15) is 10.2 Å². The van der Waals surface area contributed by atoms with Crippen molar-refractivity contribution in [2.24, 2.45) is 5.10 Å². The molecule has 0 saturated carbocycles. The second-order valence-corrected chi connectivity index (χ2v) is 6.12. The van der Waals surface area contributed by atoms with Crippen LogP contribution in [0.25, 0.3) is 10.8 Å². The van der Waals surface area contributed by atoms with Crippen LogP contribution in [0, 0.1) is 10.1 Å². The van der Waals surface area contributed by atoms with Crippen LogP contribution in [0.15, 0.2) is 52.4 Å². The van der Waals surface area contributed by atoms with Crippen LogP contribution in [0.1, 0.15) is 29.4 Å². The molecule has 0 unspecified atom stereocenters. The van der Waals surface area contributed by atoms with Crippen molar-refractivity contribution in [3.63, 3.8) is 0 Å². The molecule has 0 atom stereocenters. The van der Waals surface area contributed by atoms with Gasteiger partial charge in [0.15, 0.2) is 5.69 Å². The number of phenolic OH excluding ortho intramolecular Hbond substituents is 1. The monoisotopic (exact) mass is 395 g/mol. The molecule has 0 fully saturated rings. The number of nitro groups is 1. The molecule has 1 heterocycles. The molecule has 148 valence electrons. The fourth-order valence-corrected chi connectivity index (χ4v) is 2.74. The Hall–Kier alpha value is -4.08. The molecule has 3 aromatic rings. The third-order valence-electron chi connectivity index (χ3n) is 4.11. The number of aryl methyl sites for hydroxylation is 1. The van der Waals surface area contributed by atoms with Gasteiger partial charge in [-0.25, -0.2) is 10.1 Å². The molecule has 0 aliphatic heterocycles. The summed E-state index contributed by atoms with van der Waals surface area (Å²) in [5.74, 6) is -0.888. The lowest BCUT2D eigenvalue weighted by atomic mass is 10.1. The zero-order valence-corrected chi connectivity index (χ0v) is 15.4. The summed E-state index contributed by atoms with van der Waals surface area (Å²) in [6, 6.07) is 10.1. The van der Waals surface area contributed by atoms with Crippen molar-refractivity contribution in [2.75, 3.05) is 0 Å². The highest BCUT2D eigenvalue weighted by molar-refractivity contribution is 6.05. The van der Waals surface area contributed by atoms with Crippen molar-refractivity contribution in [3.8, 4) is 5.75 Å². The lowest BCUT2D eigenvalue weighted by molar-refractivity contribution is -0.384. The normalized spacial score (nSPS) is 11.1. The SMILES string of the molecule is CCCn1nc(C(=O)N/N=C/c2cc([N+](=O)[O-])ccc2O)c2ccccc2c1=O. The Morgan fingerprint density at radius 1 is 1.31 bits per heavy atom. The Morgan fingerprint density at radius 2 is 2.03 bits per heavy atom. The number of carbonyl (C=O) groups is 1. The first-order valence-corrected chi connectivity index (χ1v) is 8.73. The number of carbonyl (C=O) groups excluding carboxylic acids is 1. The number of phenols is 1. The Morgan fingerprint density at radius 3 is 2.72 bits per heavy atom. The van der Waals surface area contributed by atoms with Crippen LogP contribution in [0.5, 0.6) is 5.75 Å². The third kappa shape index (κ3) is 4.10. The summed E-state index contributed by atoms with van der Waals surface area (Å²) in [6.45, 7) is 2.24. The lowest BCUT2D eigenvalue weighted by Gasteiger charge is -2.09. The number of hydrogen-bond donors (Lipinski definition) is 2. The lowest BCUT2D eigenvalue weighted by Crippen LogP contribution is -2.29. The zero-order valence-electron chi connectivity index (χ0n) is 15.4. The molecule has 0 saturated heterocycles. The van der Waals surface area contributed by atoms with E-state index in [9.17, 15) is 24.8 Å². The fraction of sp³-hybridized carbons (Fsp3) is 0.158. The molecule has 3 rings (SSSR count). The Balaban J connectivity index is 1.92. The molecule has 0 aliphatic carbocycles. The smallest absolute Gasteiger partial charge is 0.292 e. The number of amides is 1. The minimum absolute atomic E-state index is 0.0223. The second-order valence-electron chi connectivity index (χ2n) is 6.12. The van der Waals surface area contributed by atoms with E-state index in [-0.39, 0.29) is 28.3 Å². The molecular formula is C19H17N5O5. The van der Waals surface area contributed by atoms with E-state index >= 15 is 0 Å². The van der Waals surface area contributed by atoms with Gasteiger partial charge in [0, 0.05) is 29.6 Å². The molecule has 1 aromatic heterocycles. The number of nitro benzene ring substituents is 1. The van der Waals surface area contributed by atoms with Gasteiger partial charge in [0.1, 0.15) is 5.75 Å². The van der Waals surface area contributed by atoms with Crippen LogP contribution < -0.4 is 11.0 Å². The maximum atomic E-state index is 12.6. The summed E-state index contributed by atoms with van der Waals surface area (Å²) in [4.78, 5) is 35.3. The first-order chi connectivity index (χ1) is 13.9. The minimum atomic E-state index is -0.660. The number of rotatable bonds is 6. The number of hydrogen-bond acceptors (Lipinski definition) is 7. The maximum Gasteiger partial charge on any atom is 0.292 e. The predicted octanol–water partition coefficient (Wildman–Crippen LogP) is 2.18. The van der Waals surface area contributed by atoms with Gasteiger partial charge >= 0.3 is 0 Å². The molecule has 29 heavy (non-hydrogen) atoms. The quantitative estimate of drug-likeness (QED) is 0.372. The molecule has 2 N–H and O–H groups in total. The predicted molar refractivity (Wildman–Crippen MR) is 106 cm³/mol. The van der Waals surface area contributed by atoms with E-state index in [1.165, 1.54) is 4.68 Å². The van der Waals surface area contributed by atoms with Crippen molar-refractivity contribution in [3.05, 3.63) is 74.2 Å². The van der Waals surface area contributed by atoms with Gasteiger partial charge < -0.3 is 5.11 Å². The first-order valence-electron chi connectivity index (χ1n) is 8.73. The van der Waals surface area contributed by atoms with E-state index in [2.05, 4.69) is 15.6 Å². The Kier molecular flexibility index (Phi) is 5.63. The van der Waals surface area contributed by atoms with Crippen LogP contribution in [-0.4, -0.2) is 31.9 Å². The second kappa shape index (κ2) is 8.30. The third-order valence-corrected chi connectivity index (χ3v) is 4.11. The molecular weight excluding hydrogens is 378 g/mol. The Labute approximate surface area is 164 Å². The number of benzene rings is 2. The van der Waals surface area contributed by atoms with Gasteiger partial charge in [0.2, 0.25) is 0 Å². The molecule has 2 aromatic carbocycles. The summed E-state index contributed by atoms with van der Waals surface area (Å²) in [7, 11) is 0. The van der Waals surface area contributed by atoms with Gasteiger partial charge in [-0.05, 0) is 18.6 Å². The van der Waals surface area contributed by atoms with Crippen LogP contribution in [0.3, 0.4) is 0 Å². The van der Waals surface area contributed by atoms with E-state index in [0.29, 0.717) is 23.7 Å². The highest BCUT2D eigenvalue weighted by Gasteiger charge is 2.16. The van der Waals surface area contributed by atoms with Crippen LogP contribution in [0.2, 0.25) is 0 Å².